The van der Waals surface area contributed by atoms with Gasteiger partial charge in [0.1, 0.15) is 0 Å². The van der Waals surface area contributed by atoms with E-state index in [4.69, 9.17) is 5.11 Å². The topological polar surface area (TPSA) is 63.6 Å². The van der Waals surface area contributed by atoms with E-state index in [1.807, 2.05) is 0 Å². The summed E-state index contributed by atoms with van der Waals surface area (Å²) in [5.74, 6) is -40.9. The Labute approximate surface area is 157 Å². The van der Waals surface area contributed by atoms with Crippen LogP contribution in [0.25, 0.3) is 0 Å². The van der Waals surface area contributed by atoms with Crippen molar-refractivity contribution in [2.75, 3.05) is 0 Å². The van der Waals surface area contributed by atoms with Crippen molar-refractivity contribution in [1.29, 1.82) is 0 Å². The Morgan fingerprint density at radius 2 is 1.27 bits per heavy atom. The number of alkyl halides is 13. The molecule has 0 saturated heterocycles. The molecule has 0 heterocycles. The molecule has 176 valence electrons. The lowest BCUT2D eigenvalue weighted by molar-refractivity contribution is -0.415. The second kappa shape index (κ2) is 8.49. The number of carboxylic acids is 1. The molecular weight excluding hydrogens is 467 g/mol. The molecule has 0 aromatic carbocycles. The Morgan fingerprint density at radius 1 is 0.833 bits per heavy atom. The predicted octanol–water partition coefficient (Wildman–Crippen LogP) is 4.69. The molecule has 0 bridgehead atoms. The van der Waals surface area contributed by atoms with E-state index in [0.29, 0.717) is 0 Å². The van der Waals surface area contributed by atoms with Gasteiger partial charge in [-0.15, -0.1) is 0 Å². The zero-order chi connectivity index (χ0) is 24.5. The summed E-state index contributed by atoms with van der Waals surface area (Å²) >= 11 is 0. The molecular formula is C13H9F13O4. The number of carbonyl (C=O) groups excluding carboxylic acids is 1. The van der Waals surface area contributed by atoms with Crippen molar-refractivity contribution in [3.05, 3.63) is 12.2 Å². The van der Waals surface area contributed by atoms with Gasteiger partial charge in [-0.2, -0.15) is 43.9 Å². The fourth-order valence-corrected chi connectivity index (χ4v) is 1.60. The van der Waals surface area contributed by atoms with Crippen LogP contribution in [0.4, 0.5) is 57.1 Å². The molecule has 0 spiro atoms. The van der Waals surface area contributed by atoms with E-state index < -0.39 is 72.7 Å². The summed E-state index contributed by atoms with van der Waals surface area (Å²) in [5.41, 5.74) is -1.14. The molecule has 0 aliphatic heterocycles. The van der Waals surface area contributed by atoms with Gasteiger partial charge in [-0.25, -0.2) is 18.0 Å². The lowest BCUT2D eigenvalue weighted by Crippen LogP contribution is -2.68. The smallest absolute Gasteiger partial charge is 0.384 e. The normalized spacial score (nSPS) is 15.1. The standard InChI is InChI=1S/C13H9F13O4/c1-4(2-6(27)28)7(29)30-5(14)3-9(17,18)11(21,22)13(25,26)12(23,24)10(19,20)8(15)16/h5,8H,1-3H2,(H,27,28). The fourth-order valence-electron chi connectivity index (χ4n) is 1.60. The average Bonchev–Trinajstić information content (AvgIpc) is 2.52. The van der Waals surface area contributed by atoms with E-state index in [-0.39, 0.29) is 0 Å². The van der Waals surface area contributed by atoms with Crippen LogP contribution in [-0.2, 0) is 14.3 Å². The molecule has 0 saturated carbocycles. The minimum atomic E-state index is -7.85. The van der Waals surface area contributed by atoms with Gasteiger partial charge in [-0.3, -0.25) is 4.79 Å². The summed E-state index contributed by atoms with van der Waals surface area (Å²) in [6, 6.07) is 0. The third-order valence-corrected chi connectivity index (χ3v) is 3.25. The maximum atomic E-state index is 13.4. The summed E-state index contributed by atoms with van der Waals surface area (Å²) in [7, 11) is 0. The van der Waals surface area contributed by atoms with Crippen molar-refractivity contribution in [1.82, 2.24) is 0 Å². The molecule has 0 aliphatic rings. The molecule has 0 aromatic rings. The van der Waals surface area contributed by atoms with Crippen molar-refractivity contribution < 1.29 is 76.5 Å². The third kappa shape index (κ3) is 4.91. The van der Waals surface area contributed by atoms with Gasteiger partial charge in [0.25, 0.3) is 0 Å². The quantitative estimate of drug-likeness (QED) is 0.267. The Kier molecular flexibility index (Phi) is 7.86. The Morgan fingerprint density at radius 3 is 1.63 bits per heavy atom. The van der Waals surface area contributed by atoms with E-state index >= 15 is 0 Å². The summed E-state index contributed by atoms with van der Waals surface area (Å²) in [6.07, 6.45) is -14.3. The van der Waals surface area contributed by atoms with Crippen LogP contribution in [-0.4, -0.2) is 59.4 Å². The number of aliphatic carboxylic acids is 1. The van der Waals surface area contributed by atoms with E-state index in [0.717, 1.165) is 0 Å². The number of hydrogen-bond donors (Lipinski definition) is 1. The lowest BCUT2D eigenvalue weighted by Gasteiger charge is -2.39. The summed E-state index contributed by atoms with van der Waals surface area (Å²) in [5, 5.41) is 8.28. The van der Waals surface area contributed by atoms with E-state index in [1.165, 1.54) is 0 Å². The van der Waals surface area contributed by atoms with Crippen LogP contribution in [0.1, 0.15) is 12.8 Å². The van der Waals surface area contributed by atoms with Gasteiger partial charge < -0.3 is 9.84 Å². The van der Waals surface area contributed by atoms with Crippen molar-refractivity contribution in [2.24, 2.45) is 0 Å². The molecule has 1 unspecified atom stereocenters. The average molecular weight is 476 g/mol. The molecule has 0 amide bonds. The Bertz CT molecular complexity index is 674. The van der Waals surface area contributed by atoms with Crippen molar-refractivity contribution in [2.45, 2.75) is 55.2 Å². The molecule has 17 heteroatoms. The molecule has 0 aliphatic carbocycles. The van der Waals surface area contributed by atoms with Gasteiger partial charge in [-0.05, 0) is 0 Å². The molecule has 30 heavy (non-hydrogen) atoms. The number of halogens is 13. The van der Waals surface area contributed by atoms with Gasteiger partial charge in [0.05, 0.1) is 12.8 Å². The monoisotopic (exact) mass is 476 g/mol. The Balaban J connectivity index is 5.72. The highest BCUT2D eigenvalue weighted by molar-refractivity contribution is 5.92. The van der Waals surface area contributed by atoms with Crippen molar-refractivity contribution in [3.63, 3.8) is 0 Å². The van der Waals surface area contributed by atoms with E-state index in [9.17, 15) is 66.7 Å². The number of ether oxygens (including phenoxy) is 1. The van der Waals surface area contributed by atoms with Crippen molar-refractivity contribution in [3.8, 4) is 0 Å². The number of hydrogen-bond acceptors (Lipinski definition) is 3. The largest absolute Gasteiger partial charge is 0.481 e. The minimum absolute atomic E-state index is 1.14. The Hall–Kier alpha value is -2.23. The van der Waals surface area contributed by atoms with Crippen LogP contribution in [0, 0.1) is 0 Å². The number of carboxylic acid groups (broad SMARTS) is 1. The van der Waals surface area contributed by atoms with Gasteiger partial charge in [-0.1, -0.05) is 6.58 Å². The molecule has 1 atom stereocenters. The SMILES string of the molecule is C=C(CC(=O)O)C(=O)OC(F)CC(F)(F)C(F)(F)C(F)(F)C(F)(F)C(F)(F)C(F)F. The zero-order valence-corrected chi connectivity index (χ0v) is 13.9. The number of carbonyl (C=O) groups is 2. The summed E-state index contributed by atoms with van der Waals surface area (Å²) in [4.78, 5) is 21.3. The molecule has 0 aromatic heterocycles. The summed E-state index contributed by atoms with van der Waals surface area (Å²) in [6.45, 7) is 2.68. The number of esters is 1. The van der Waals surface area contributed by atoms with Gasteiger partial charge in [0.15, 0.2) is 0 Å². The fraction of sp³-hybridized carbons (Fsp3) is 0.692. The van der Waals surface area contributed by atoms with Crippen LogP contribution in [0.2, 0.25) is 0 Å². The second-order valence-electron chi connectivity index (χ2n) is 5.54. The zero-order valence-electron chi connectivity index (χ0n) is 13.9. The molecule has 1 N–H and O–H groups in total. The maximum Gasteiger partial charge on any atom is 0.384 e. The van der Waals surface area contributed by atoms with Crippen LogP contribution in [0.15, 0.2) is 12.2 Å². The van der Waals surface area contributed by atoms with Crippen LogP contribution in [0.5, 0.6) is 0 Å². The first-order valence-electron chi connectivity index (χ1n) is 6.98. The highest BCUT2D eigenvalue weighted by Crippen LogP contribution is 2.58. The van der Waals surface area contributed by atoms with Gasteiger partial charge in [0.2, 0.25) is 6.36 Å². The van der Waals surface area contributed by atoms with Crippen LogP contribution in [0.3, 0.4) is 0 Å². The third-order valence-electron chi connectivity index (χ3n) is 3.25. The second-order valence-corrected chi connectivity index (χ2v) is 5.54. The first kappa shape index (κ1) is 27.8. The van der Waals surface area contributed by atoms with Crippen molar-refractivity contribution >= 4 is 11.9 Å². The maximum absolute atomic E-state index is 13.4. The van der Waals surface area contributed by atoms with E-state index in [2.05, 4.69) is 11.3 Å². The molecule has 0 fully saturated rings. The van der Waals surface area contributed by atoms with Crippen LogP contribution < -0.4 is 0 Å². The first-order valence-corrected chi connectivity index (χ1v) is 6.98. The highest BCUT2D eigenvalue weighted by Gasteiger charge is 2.87. The van der Waals surface area contributed by atoms with Gasteiger partial charge in [0, 0.05) is 5.57 Å². The van der Waals surface area contributed by atoms with E-state index in [1.54, 1.807) is 0 Å². The molecule has 0 rings (SSSR count). The van der Waals surface area contributed by atoms with Crippen LogP contribution >= 0.6 is 0 Å². The lowest BCUT2D eigenvalue weighted by atomic mass is 9.93. The first-order chi connectivity index (χ1) is 13.1. The minimum Gasteiger partial charge on any atom is -0.481 e. The predicted molar refractivity (Wildman–Crippen MR) is 67.7 cm³/mol. The highest BCUT2D eigenvalue weighted by atomic mass is 19.4. The molecule has 0 radical (unpaired) electrons. The summed E-state index contributed by atoms with van der Waals surface area (Å²) < 4.78 is 171. The van der Waals surface area contributed by atoms with Gasteiger partial charge >= 0.3 is 48.0 Å². The number of rotatable bonds is 11. The molecule has 4 nitrogen and oxygen atoms in total.